The number of aromatic nitrogens is 3. The lowest BCUT2D eigenvalue weighted by Crippen LogP contribution is -2.33. The molecule has 0 spiro atoms. The van der Waals surface area contributed by atoms with E-state index in [4.69, 9.17) is 14.2 Å². The molecular weight excluding hydrogens is 620 g/mol. The molecule has 2 aromatic heterocycles. The number of methoxy groups -OCH3 is 2. The fraction of sp³-hybridized carbons (Fsp3) is 0.300. The first-order valence-electron chi connectivity index (χ1n) is 13.5. The molecule has 0 saturated carbocycles. The number of hydrogen-bond donors (Lipinski definition) is 3. The first-order chi connectivity index (χ1) is 21.8. The number of rotatable bonds is 13. The molecule has 246 valence electrons. The average molecular weight is 651 g/mol. The first kappa shape index (κ1) is 33.8. The van der Waals surface area contributed by atoms with Gasteiger partial charge in [0.1, 0.15) is 40.3 Å². The predicted octanol–water partition coefficient (Wildman–Crippen LogP) is 3.76. The van der Waals surface area contributed by atoms with Crippen molar-refractivity contribution in [3.05, 3.63) is 76.1 Å². The number of alkyl halides is 2. The van der Waals surface area contributed by atoms with E-state index in [2.05, 4.69) is 15.0 Å². The summed E-state index contributed by atoms with van der Waals surface area (Å²) in [6, 6.07) is 9.00. The summed E-state index contributed by atoms with van der Waals surface area (Å²) in [6.07, 6.45) is 0. The van der Waals surface area contributed by atoms with Gasteiger partial charge in [-0.15, -0.1) is 0 Å². The van der Waals surface area contributed by atoms with Gasteiger partial charge >= 0.3 is 6.61 Å². The van der Waals surface area contributed by atoms with Gasteiger partial charge in [0, 0.05) is 42.3 Å². The molecule has 0 bridgehead atoms. The van der Waals surface area contributed by atoms with E-state index >= 15 is 8.78 Å². The molecule has 4 rings (SSSR count). The van der Waals surface area contributed by atoms with Gasteiger partial charge in [-0.3, -0.25) is 14.3 Å². The zero-order chi connectivity index (χ0) is 33.8. The second-order valence-electron chi connectivity index (χ2n) is 10.3. The summed E-state index contributed by atoms with van der Waals surface area (Å²) >= 11 is 0. The second kappa shape index (κ2) is 13.9. The van der Waals surface area contributed by atoms with Crippen LogP contribution in [0.25, 0.3) is 17.1 Å². The van der Waals surface area contributed by atoms with Crippen LogP contribution in [-0.2, 0) is 7.05 Å². The topological polar surface area (TPSA) is 146 Å². The number of benzene rings is 2. The lowest BCUT2D eigenvalue weighted by Gasteiger charge is -2.24. The Bertz CT molecular complexity index is 1750. The number of hydrogen-bond acceptors (Lipinski definition) is 9. The Morgan fingerprint density at radius 1 is 0.978 bits per heavy atom. The van der Waals surface area contributed by atoms with Crippen molar-refractivity contribution in [1.82, 2.24) is 14.3 Å². The molecule has 1 amide bonds. The van der Waals surface area contributed by atoms with Crippen LogP contribution in [0.5, 0.6) is 23.1 Å². The molecule has 3 N–H and O–H groups in total. The Kier molecular flexibility index (Phi) is 10.2. The van der Waals surface area contributed by atoms with Crippen LogP contribution in [0.2, 0.25) is 0 Å². The minimum absolute atomic E-state index is 0.0874. The lowest BCUT2D eigenvalue weighted by atomic mass is 9.95. The molecular formula is C30H30F4N4O8. The molecule has 0 saturated heterocycles. The van der Waals surface area contributed by atoms with Gasteiger partial charge in [-0.05, 0) is 24.3 Å². The van der Waals surface area contributed by atoms with Gasteiger partial charge in [-0.25, -0.2) is 8.78 Å². The van der Waals surface area contributed by atoms with Crippen LogP contribution in [0, 0.1) is 17.0 Å². The molecule has 16 heteroatoms. The van der Waals surface area contributed by atoms with Gasteiger partial charge in [-0.2, -0.15) is 18.4 Å². The molecule has 2 aromatic carbocycles. The Hall–Kier alpha value is -5.09. The van der Waals surface area contributed by atoms with E-state index in [1.54, 1.807) is 6.92 Å². The van der Waals surface area contributed by atoms with Crippen molar-refractivity contribution in [3.63, 3.8) is 0 Å². The number of anilines is 1. The lowest BCUT2D eigenvalue weighted by molar-refractivity contribution is -0.0498. The van der Waals surface area contributed by atoms with Crippen LogP contribution in [0.1, 0.15) is 17.3 Å². The molecule has 0 radical (unpaired) electrons. The molecule has 12 nitrogen and oxygen atoms in total. The van der Waals surface area contributed by atoms with Crippen molar-refractivity contribution >= 4 is 11.6 Å². The Morgan fingerprint density at radius 3 is 2.11 bits per heavy atom. The third kappa shape index (κ3) is 7.07. The monoisotopic (exact) mass is 650 g/mol. The average Bonchev–Trinajstić information content (AvgIpc) is 3.27. The minimum atomic E-state index is -3.09. The number of aliphatic hydroxyl groups is 2. The van der Waals surface area contributed by atoms with E-state index in [0.29, 0.717) is 0 Å². The predicted molar refractivity (Wildman–Crippen MR) is 156 cm³/mol. The molecule has 0 atom stereocenters. The SMILES string of the molecule is COc1cc(OCC(C)(CO)CO)nc(-n2c(=O)c(NC(=O)c3ccc(OC(F)F)cc3)c(-c3c(F)cc(OC)cc3F)n2C)c1. The summed E-state index contributed by atoms with van der Waals surface area (Å²) in [5, 5.41) is 21.6. The van der Waals surface area contributed by atoms with E-state index < -0.39 is 65.3 Å². The number of carbonyl (C=O) groups is 1. The largest absolute Gasteiger partial charge is 0.497 e. The van der Waals surface area contributed by atoms with Crippen LogP contribution in [0.15, 0.2) is 53.3 Å². The molecule has 0 fully saturated rings. The first-order valence-corrected chi connectivity index (χ1v) is 13.5. The number of amides is 1. The summed E-state index contributed by atoms with van der Waals surface area (Å²) in [6.45, 7) is -2.54. The summed E-state index contributed by atoms with van der Waals surface area (Å²) in [7, 11) is 3.84. The number of carbonyl (C=O) groups excluding carboxylic acids is 1. The third-order valence-electron chi connectivity index (χ3n) is 6.88. The van der Waals surface area contributed by atoms with Crippen molar-refractivity contribution in [2.45, 2.75) is 13.5 Å². The van der Waals surface area contributed by atoms with Gasteiger partial charge in [0.25, 0.3) is 11.5 Å². The van der Waals surface area contributed by atoms with Crippen molar-refractivity contribution in [2.24, 2.45) is 12.5 Å². The van der Waals surface area contributed by atoms with Crippen molar-refractivity contribution in [1.29, 1.82) is 0 Å². The van der Waals surface area contributed by atoms with E-state index in [0.717, 1.165) is 45.8 Å². The maximum absolute atomic E-state index is 15.4. The van der Waals surface area contributed by atoms with Crippen LogP contribution < -0.4 is 29.8 Å². The molecule has 46 heavy (non-hydrogen) atoms. The third-order valence-corrected chi connectivity index (χ3v) is 6.88. The summed E-state index contributed by atoms with van der Waals surface area (Å²) in [5.41, 5.74) is -3.73. The second-order valence-corrected chi connectivity index (χ2v) is 10.3. The highest BCUT2D eigenvalue weighted by atomic mass is 19.3. The maximum atomic E-state index is 15.4. The summed E-state index contributed by atoms with van der Waals surface area (Å²) < 4.78 is 78.2. The van der Waals surface area contributed by atoms with Gasteiger partial charge in [0.2, 0.25) is 5.88 Å². The fourth-order valence-corrected chi connectivity index (χ4v) is 4.29. The zero-order valence-corrected chi connectivity index (χ0v) is 25.0. The van der Waals surface area contributed by atoms with E-state index in [9.17, 15) is 28.6 Å². The van der Waals surface area contributed by atoms with Crippen molar-refractivity contribution in [2.75, 3.05) is 39.4 Å². The molecule has 0 unspecified atom stereocenters. The van der Waals surface area contributed by atoms with Crippen LogP contribution >= 0.6 is 0 Å². The van der Waals surface area contributed by atoms with Gasteiger partial charge in [0.05, 0.1) is 39.6 Å². The van der Waals surface area contributed by atoms with Gasteiger partial charge in [-0.1, -0.05) is 6.92 Å². The van der Waals surface area contributed by atoms with E-state index in [1.807, 2.05) is 0 Å². The Morgan fingerprint density at radius 2 is 1.57 bits per heavy atom. The molecule has 0 aliphatic carbocycles. The maximum Gasteiger partial charge on any atom is 0.387 e. The van der Waals surface area contributed by atoms with Crippen LogP contribution in [0.4, 0.5) is 23.2 Å². The highest BCUT2D eigenvalue weighted by Crippen LogP contribution is 2.35. The smallest absolute Gasteiger partial charge is 0.387 e. The molecule has 0 aliphatic rings. The number of aliphatic hydroxyl groups excluding tert-OH is 2. The highest BCUT2D eigenvalue weighted by Gasteiger charge is 2.29. The van der Waals surface area contributed by atoms with Crippen LogP contribution in [-0.4, -0.2) is 71.1 Å². The molecule has 2 heterocycles. The van der Waals surface area contributed by atoms with E-state index in [1.165, 1.54) is 33.4 Å². The number of nitrogens with zero attached hydrogens (tertiary/aromatic N) is 3. The molecule has 0 aliphatic heterocycles. The summed E-state index contributed by atoms with van der Waals surface area (Å²) in [4.78, 5) is 31.5. The Balaban J connectivity index is 1.88. The summed E-state index contributed by atoms with van der Waals surface area (Å²) in [5.74, 6) is -3.61. The van der Waals surface area contributed by atoms with Crippen LogP contribution in [0.3, 0.4) is 0 Å². The highest BCUT2D eigenvalue weighted by molar-refractivity contribution is 6.06. The normalized spacial score (nSPS) is 11.5. The number of nitrogens with one attached hydrogen (secondary N) is 1. The Labute approximate surface area is 259 Å². The molecule has 4 aromatic rings. The number of pyridine rings is 1. The number of ether oxygens (including phenoxy) is 4. The minimum Gasteiger partial charge on any atom is -0.497 e. The van der Waals surface area contributed by atoms with Gasteiger partial charge in [0.15, 0.2) is 5.82 Å². The zero-order valence-electron chi connectivity index (χ0n) is 25.0. The van der Waals surface area contributed by atoms with E-state index in [-0.39, 0.29) is 41.1 Å². The van der Waals surface area contributed by atoms with Crippen molar-refractivity contribution in [3.8, 4) is 40.2 Å². The standard InChI is InChI=1S/C30H30F4N4O8/c1-30(13-39,14-40)15-45-23-12-19(44-4)11-22(35-23)38-28(42)25(36-27(41)16-5-7-17(8-6-16)46-29(33)34)26(37(38)2)24-20(31)9-18(43-3)10-21(24)32/h5-12,29,39-40H,13-15H2,1-4H3,(H,36,41). The number of halogens is 4. The van der Waals surface area contributed by atoms with Crippen molar-refractivity contribution < 1.29 is 51.5 Å². The van der Waals surface area contributed by atoms with Gasteiger partial charge < -0.3 is 34.5 Å². The fourth-order valence-electron chi connectivity index (χ4n) is 4.29. The quantitative estimate of drug-likeness (QED) is 0.184.